The summed E-state index contributed by atoms with van der Waals surface area (Å²) in [6.45, 7) is 0.798. The van der Waals surface area contributed by atoms with Gasteiger partial charge >= 0.3 is 0 Å². The van der Waals surface area contributed by atoms with Gasteiger partial charge in [-0.3, -0.25) is 4.79 Å². The molecule has 0 saturated heterocycles. The fourth-order valence-electron chi connectivity index (χ4n) is 1.98. The molecular weight excluding hydrogens is 365 g/mol. The van der Waals surface area contributed by atoms with Crippen LogP contribution in [0.4, 0.5) is 0 Å². The number of hydrogen-bond acceptors (Lipinski definition) is 2. The molecule has 2 rings (SSSR count). The second-order valence-corrected chi connectivity index (χ2v) is 5.58. The second kappa shape index (κ2) is 7.40. The minimum absolute atomic E-state index is 0.0397. The lowest BCUT2D eigenvalue weighted by Crippen LogP contribution is -2.33. The van der Waals surface area contributed by atoms with Gasteiger partial charge in [0.15, 0.2) is 0 Å². The molecule has 0 saturated carbocycles. The van der Waals surface area contributed by atoms with E-state index in [1.54, 1.807) is 4.90 Å². The first-order chi connectivity index (χ1) is 9.72. The highest BCUT2D eigenvalue weighted by atomic mass is 127. The van der Waals surface area contributed by atoms with Crippen molar-refractivity contribution in [3.63, 3.8) is 0 Å². The molecule has 104 valence electrons. The zero-order valence-corrected chi connectivity index (χ0v) is 13.2. The van der Waals surface area contributed by atoms with Crippen LogP contribution in [0, 0.1) is 3.57 Å². The van der Waals surface area contributed by atoms with Gasteiger partial charge in [-0.25, -0.2) is 0 Å². The largest absolute Gasteiger partial charge is 0.395 e. The molecule has 3 nitrogen and oxygen atoms in total. The maximum absolute atomic E-state index is 12.6. The van der Waals surface area contributed by atoms with E-state index in [0.717, 1.165) is 9.13 Å². The molecule has 0 atom stereocenters. The predicted octanol–water partition coefficient (Wildman–Crippen LogP) is 2.93. The van der Waals surface area contributed by atoms with Gasteiger partial charge in [-0.1, -0.05) is 42.5 Å². The van der Waals surface area contributed by atoms with Gasteiger partial charge in [-0.15, -0.1) is 0 Å². The highest BCUT2D eigenvalue weighted by molar-refractivity contribution is 14.1. The first-order valence-electron chi connectivity index (χ1n) is 6.41. The van der Waals surface area contributed by atoms with Gasteiger partial charge in [-0.2, -0.15) is 0 Å². The standard InChI is InChI=1S/C16H16INO2/c17-15-9-5-4-8-14(15)16(20)18(10-11-19)12-13-6-2-1-3-7-13/h1-9,19H,10-12H2. The lowest BCUT2D eigenvalue weighted by atomic mass is 10.1. The summed E-state index contributed by atoms with van der Waals surface area (Å²) in [6.07, 6.45) is 0. The van der Waals surface area contributed by atoms with Crippen molar-refractivity contribution in [2.45, 2.75) is 6.54 Å². The fraction of sp³-hybridized carbons (Fsp3) is 0.188. The molecule has 0 aliphatic heterocycles. The molecule has 0 aliphatic carbocycles. The topological polar surface area (TPSA) is 40.5 Å². The second-order valence-electron chi connectivity index (χ2n) is 4.42. The minimum atomic E-state index is -0.0482. The lowest BCUT2D eigenvalue weighted by Gasteiger charge is -2.22. The highest BCUT2D eigenvalue weighted by Gasteiger charge is 2.17. The summed E-state index contributed by atoms with van der Waals surface area (Å²) in [5, 5.41) is 9.18. The summed E-state index contributed by atoms with van der Waals surface area (Å²) in [4.78, 5) is 14.2. The monoisotopic (exact) mass is 381 g/mol. The Kier molecular flexibility index (Phi) is 5.55. The van der Waals surface area contributed by atoms with Gasteiger partial charge < -0.3 is 10.0 Å². The molecule has 2 aromatic carbocycles. The van der Waals surface area contributed by atoms with E-state index in [2.05, 4.69) is 22.6 Å². The van der Waals surface area contributed by atoms with E-state index in [9.17, 15) is 9.90 Å². The molecule has 2 aromatic rings. The van der Waals surface area contributed by atoms with Crippen LogP contribution < -0.4 is 0 Å². The Bertz CT molecular complexity index is 572. The summed E-state index contributed by atoms with van der Waals surface area (Å²) < 4.78 is 0.922. The van der Waals surface area contributed by atoms with Gasteiger partial charge in [0.25, 0.3) is 5.91 Å². The Morgan fingerprint density at radius 2 is 1.70 bits per heavy atom. The van der Waals surface area contributed by atoms with Crippen LogP contribution in [0.2, 0.25) is 0 Å². The summed E-state index contributed by atoms with van der Waals surface area (Å²) in [5.74, 6) is -0.0482. The number of aliphatic hydroxyl groups is 1. The number of halogens is 1. The third-order valence-corrected chi connectivity index (χ3v) is 3.92. The van der Waals surface area contributed by atoms with E-state index < -0.39 is 0 Å². The number of amides is 1. The fourth-order valence-corrected chi connectivity index (χ4v) is 2.60. The first kappa shape index (κ1) is 15.0. The Balaban J connectivity index is 2.20. The van der Waals surface area contributed by atoms with Crippen LogP contribution in [0.25, 0.3) is 0 Å². The van der Waals surface area contributed by atoms with E-state index in [-0.39, 0.29) is 12.5 Å². The van der Waals surface area contributed by atoms with Gasteiger partial charge in [0.05, 0.1) is 12.2 Å². The number of aliphatic hydroxyl groups excluding tert-OH is 1. The number of carbonyl (C=O) groups is 1. The highest BCUT2D eigenvalue weighted by Crippen LogP contribution is 2.15. The third-order valence-electron chi connectivity index (χ3n) is 2.98. The molecule has 0 aliphatic rings. The van der Waals surface area contributed by atoms with Crippen molar-refractivity contribution in [1.82, 2.24) is 4.90 Å². The molecule has 0 fully saturated rings. The van der Waals surface area contributed by atoms with Crippen molar-refractivity contribution in [2.75, 3.05) is 13.2 Å². The van der Waals surface area contributed by atoms with Crippen LogP contribution in [-0.4, -0.2) is 29.1 Å². The zero-order chi connectivity index (χ0) is 14.4. The van der Waals surface area contributed by atoms with Crippen molar-refractivity contribution in [2.24, 2.45) is 0 Å². The average molecular weight is 381 g/mol. The number of benzene rings is 2. The predicted molar refractivity (Wildman–Crippen MR) is 87.4 cm³/mol. The van der Waals surface area contributed by atoms with Gasteiger partial charge in [-0.05, 0) is 40.3 Å². The number of nitrogens with zero attached hydrogens (tertiary/aromatic N) is 1. The Labute approximate surface area is 132 Å². The van der Waals surface area contributed by atoms with E-state index >= 15 is 0 Å². The van der Waals surface area contributed by atoms with E-state index in [4.69, 9.17) is 0 Å². The quantitative estimate of drug-likeness (QED) is 0.810. The maximum atomic E-state index is 12.6. The van der Waals surface area contributed by atoms with Gasteiger partial charge in [0.2, 0.25) is 0 Å². The molecule has 0 aromatic heterocycles. The first-order valence-corrected chi connectivity index (χ1v) is 7.49. The average Bonchev–Trinajstić information content (AvgIpc) is 2.48. The Hall–Kier alpha value is -1.40. The third kappa shape index (κ3) is 3.80. The van der Waals surface area contributed by atoms with Gasteiger partial charge in [0, 0.05) is 16.7 Å². The molecular formula is C16H16INO2. The van der Waals surface area contributed by atoms with Crippen molar-refractivity contribution in [3.05, 3.63) is 69.3 Å². The number of carbonyl (C=O) groups excluding carboxylic acids is 1. The van der Waals surface area contributed by atoms with E-state index in [1.807, 2.05) is 54.6 Å². The Morgan fingerprint density at radius 1 is 1.05 bits per heavy atom. The van der Waals surface area contributed by atoms with Crippen molar-refractivity contribution in [3.8, 4) is 0 Å². The summed E-state index contributed by atoms with van der Waals surface area (Å²) in [7, 11) is 0. The molecule has 1 N–H and O–H groups in total. The Morgan fingerprint density at radius 3 is 2.35 bits per heavy atom. The van der Waals surface area contributed by atoms with Crippen molar-refractivity contribution in [1.29, 1.82) is 0 Å². The normalized spacial score (nSPS) is 10.3. The molecule has 0 bridgehead atoms. The number of hydrogen-bond donors (Lipinski definition) is 1. The smallest absolute Gasteiger partial charge is 0.255 e. The van der Waals surface area contributed by atoms with E-state index in [1.165, 1.54) is 0 Å². The van der Waals surface area contributed by atoms with E-state index in [0.29, 0.717) is 18.7 Å². The SMILES string of the molecule is O=C(c1ccccc1I)N(CCO)Cc1ccccc1. The summed E-state index contributed by atoms with van der Waals surface area (Å²) >= 11 is 2.16. The maximum Gasteiger partial charge on any atom is 0.255 e. The summed E-state index contributed by atoms with van der Waals surface area (Å²) in [6, 6.07) is 17.3. The van der Waals surface area contributed by atoms with Crippen LogP contribution in [0.15, 0.2) is 54.6 Å². The van der Waals surface area contributed by atoms with Crippen LogP contribution in [-0.2, 0) is 6.54 Å². The molecule has 0 spiro atoms. The molecule has 0 unspecified atom stereocenters. The van der Waals surface area contributed by atoms with Crippen LogP contribution in [0.5, 0.6) is 0 Å². The van der Waals surface area contributed by atoms with Crippen LogP contribution in [0.3, 0.4) is 0 Å². The molecule has 0 radical (unpaired) electrons. The number of rotatable bonds is 5. The molecule has 20 heavy (non-hydrogen) atoms. The molecule has 4 heteroatoms. The van der Waals surface area contributed by atoms with Gasteiger partial charge in [0.1, 0.15) is 0 Å². The van der Waals surface area contributed by atoms with Crippen molar-refractivity contribution < 1.29 is 9.90 Å². The summed E-state index contributed by atoms with van der Waals surface area (Å²) in [5.41, 5.74) is 1.73. The van der Waals surface area contributed by atoms with Crippen LogP contribution >= 0.6 is 22.6 Å². The van der Waals surface area contributed by atoms with Crippen molar-refractivity contribution >= 4 is 28.5 Å². The molecule has 1 amide bonds. The lowest BCUT2D eigenvalue weighted by molar-refractivity contribution is 0.0707. The zero-order valence-electron chi connectivity index (χ0n) is 11.0. The van der Waals surface area contributed by atoms with Crippen LogP contribution in [0.1, 0.15) is 15.9 Å². The minimum Gasteiger partial charge on any atom is -0.395 e. The molecule has 0 heterocycles.